The minimum Gasteiger partial charge on any atom is -0.0806 e. The molecule has 5 rings (SSSR count). The first kappa shape index (κ1) is 13.9. The molecule has 0 aromatic rings. The van der Waals surface area contributed by atoms with Crippen molar-refractivity contribution in [2.75, 3.05) is 0 Å². The van der Waals surface area contributed by atoms with Crippen molar-refractivity contribution < 1.29 is 0 Å². The quantitative estimate of drug-likeness (QED) is 0.503. The molecule has 120 valence electrons. The van der Waals surface area contributed by atoms with Crippen LogP contribution in [0.25, 0.3) is 0 Å². The van der Waals surface area contributed by atoms with E-state index in [9.17, 15) is 0 Å². The Morgan fingerprint density at radius 1 is 0.818 bits per heavy atom. The highest BCUT2D eigenvalue weighted by molar-refractivity contribution is 5.26. The van der Waals surface area contributed by atoms with Crippen molar-refractivity contribution >= 4 is 0 Å². The third-order valence-corrected chi connectivity index (χ3v) is 9.10. The van der Waals surface area contributed by atoms with E-state index >= 15 is 0 Å². The molecule has 0 heteroatoms. The Kier molecular flexibility index (Phi) is 2.99. The molecule has 0 radical (unpaired) electrons. The fourth-order valence-electron chi connectivity index (χ4n) is 8.10. The van der Waals surface area contributed by atoms with Crippen molar-refractivity contribution in [1.82, 2.24) is 0 Å². The Labute approximate surface area is 136 Å². The molecule has 5 aliphatic rings. The molecule has 0 heterocycles. The van der Waals surface area contributed by atoms with E-state index in [0.717, 1.165) is 29.6 Å². The number of hydrogen-bond donors (Lipinski definition) is 0. The minimum atomic E-state index is 0.577. The topological polar surface area (TPSA) is 0 Å². The highest BCUT2D eigenvalue weighted by atomic mass is 14.6. The first-order valence-electron chi connectivity index (χ1n) is 10.1. The van der Waals surface area contributed by atoms with Crippen LogP contribution >= 0.6 is 0 Å². The van der Waals surface area contributed by atoms with Crippen LogP contribution in [0.4, 0.5) is 0 Å². The van der Waals surface area contributed by atoms with E-state index in [1.807, 2.05) is 0 Å². The predicted molar refractivity (Wildman–Crippen MR) is 92.4 cm³/mol. The van der Waals surface area contributed by atoms with Crippen LogP contribution in [0.1, 0.15) is 71.1 Å². The summed E-state index contributed by atoms with van der Waals surface area (Å²) in [6.45, 7) is 2.70. The van der Waals surface area contributed by atoms with Gasteiger partial charge in [-0.05, 0) is 91.8 Å². The van der Waals surface area contributed by atoms with Gasteiger partial charge in [-0.1, -0.05) is 44.1 Å². The highest BCUT2D eigenvalue weighted by Crippen LogP contribution is 2.68. The molecule has 0 aromatic carbocycles. The zero-order chi connectivity index (χ0) is 14.8. The smallest absolute Gasteiger partial charge is 0.00212 e. The number of allylic oxidation sites excluding steroid dienone is 4. The van der Waals surface area contributed by atoms with Gasteiger partial charge in [0.25, 0.3) is 0 Å². The zero-order valence-corrected chi connectivity index (χ0v) is 14.3. The number of rotatable bonds is 0. The van der Waals surface area contributed by atoms with Crippen molar-refractivity contribution in [2.24, 2.45) is 40.4 Å². The maximum atomic E-state index is 2.70. The van der Waals surface area contributed by atoms with E-state index in [-0.39, 0.29) is 0 Å². The van der Waals surface area contributed by atoms with Crippen LogP contribution in [-0.4, -0.2) is 0 Å². The minimum absolute atomic E-state index is 0.577. The molecule has 0 aliphatic heterocycles. The van der Waals surface area contributed by atoms with Crippen molar-refractivity contribution in [3.8, 4) is 0 Å². The average molecular weight is 296 g/mol. The normalized spacial score (nSPS) is 56.0. The summed E-state index contributed by atoms with van der Waals surface area (Å²) < 4.78 is 0. The molecular formula is C22H32. The second-order valence-electron chi connectivity index (χ2n) is 9.48. The summed E-state index contributed by atoms with van der Waals surface area (Å²) in [6.07, 6.45) is 25.1. The van der Waals surface area contributed by atoms with E-state index in [2.05, 4.69) is 31.2 Å². The summed E-state index contributed by atoms with van der Waals surface area (Å²) in [5.41, 5.74) is 1.28. The Hall–Kier alpha value is -0.520. The second-order valence-corrected chi connectivity index (χ2v) is 9.48. The van der Waals surface area contributed by atoms with Crippen LogP contribution in [-0.2, 0) is 0 Å². The molecule has 0 bridgehead atoms. The van der Waals surface area contributed by atoms with Gasteiger partial charge >= 0.3 is 0 Å². The Morgan fingerprint density at radius 2 is 1.77 bits per heavy atom. The molecule has 0 amide bonds. The third kappa shape index (κ3) is 1.65. The fraction of sp³-hybridized carbons (Fsp3) is 0.818. The molecule has 22 heavy (non-hydrogen) atoms. The molecular weight excluding hydrogens is 264 g/mol. The van der Waals surface area contributed by atoms with Crippen molar-refractivity contribution in [3.05, 3.63) is 24.3 Å². The van der Waals surface area contributed by atoms with Gasteiger partial charge < -0.3 is 0 Å². The number of hydrogen-bond acceptors (Lipinski definition) is 0. The molecule has 4 fully saturated rings. The number of fused-ring (bicyclic) bond motifs is 4. The lowest BCUT2D eigenvalue weighted by Gasteiger charge is -2.60. The summed E-state index contributed by atoms with van der Waals surface area (Å²) in [4.78, 5) is 0. The highest BCUT2D eigenvalue weighted by Gasteiger charge is 2.60. The van der Waals surface area contributed by atoms with Crippen molar-refractivity contribution in [2.45, 2.75) is 71.1 Å². The van der Waals surface area contributed by atoms with Gasteiger partial charge in [0.15, 0.2) is 0 Å². The first-order chi connectivity index (χ1) is 10.7. The van der Waals surface area contributed by atoms with E-state index in [1.165, 1.54) is 44.9 Å². The van der Waals surface area contributed by atoms with Crippen LogP contribution < -0.4 is 0 Å². The van der Waals surface area contributed by atoms with Gasteiger partial charge in [-0.15, -0.1) is 0 Å². The SMILES string of the molecule is CC12CCCCC1CCC1C2CCC23C=CC=CC2CCC13. The van der Waals surface area contributed by atoms with E-state index in [4.69, 9.17) is 0 Å². The van der Waals surface area contributed by atoms with Gasteiger partial charge in [0.05, 0.1) is 0 Å². The maximum absolute atomic E-state index is 2.70. The molecule has 0 nitrogen and oxygen atoms in total. The van der Waals surface area contributed by atoms with Crippen LogP contribution in [0, 0.1) is 40.4 Å². The van der Waals surface area contributed by atoms with Gasteiger partial charge in [0.2, 0.25) is 0 Å². The summed E-state index contributed by atoms with van der Waals surface area (Å²) in [5.74, 6) is 5.06. The molecule has 0 N–H and O–H groups in total. The van der Waals surface area contributed by atoms with Gasteiger partial charge in [0, 0.05) is 0 Å². The average Bonchev–Trinajstić information content (AvgIpc) is 2.94. The van der Waals surface area contributed by atoms with Crippen LogP contribution in [0.15, 0.2) is 24.3 Å². The lowest BCUT2D eigenvalue weighted by Crippen LogP contribution is -2.53. The standard InChI is InChI=1S/C22H32/c1-21-13-4-2-6-16(21)8-10-18-19(21)12-15-22-14-5-3-7-17(22)9-11-20(18)22/h3,5,7,14,16-20H,2,4,6,8-13,15H2,1H3. The molecule has 7 unspecified atom stereocenters. The predicted octanol–water partition coefficient (Wildman–Crippen LogP) is 6.14. The lowest BCUT2D eigenvalue weighted by atomic mass is 9.44. The van der Waals surface area contributed by atoms with E-state index in [0.29, 0.717) is 10.8 Å². The third-order valence-electron chi connectivity index (χ3n) is 9.10. The lowest BCUT2D eigenvalue weighted by molar-refractivity contribution is -0.101. The molecule has 1 spiro atoms. The van der Waals surface area contributed by atoms with Crippen molar-refractivity contribution in [3.63, 3.8) is 0 Å². The fourth-order valence-corrected chi connectivity index (χ4v) is 8.10. The Bertz CT molecular complexity index is 514. The van der Waals surface area contributed by atoms with Crippen molar-refractivity contribution in [1.29, 1.82) is 0 Å². The summed E-state index contributed by atoms with van der Waals surface area (Å²) in [5, 5.41) is 0. The molecule has 0 saturated heterocycles. The van der Waals surface area contributed by atoms with E-state index < -0.39 is 0 Å². The maximum Gasteiger partial charge on any atom is -0.00212 e. The Morgan fingerprint density at radius 3 is 2.73 bits per heavy atom. The monoisotopic (exact) mass is 296 g/mol. The van der Waals surface area contributed by atoms with Crippen LogP contribution in [0.2, 0.25) is 0 Å². The first-order valence-corrected chi connectivity index (χ1v) is 10.1. The van der Waals surface area contributed by atoms with E-state index in [1.54, 1.807) is 19.3 Å². The second kappa shape index (κ2) is 4.74. The molecule has 5 aliphatic carbocycles. The zero-order valence-electron chi connectivity index (χ0n) is 14.3. The molecule has 4 saturated carbocycles. The van der Waals surface area contributed by atoms with Crippen LogP contribution in [0.5, 0.6) is 0 Å². The molecule has 0 aromatic heterocycles. The van der Waals surface area contributed by atoms with Gasteiger partial charge in [-0.3, -0.25) is 0 Å². The van der Waals surface area contributed by atoms with Gasteiger partial charge in [0.1, 0.15) is 0 Å². The van der Waals surface area contributed by atoms with Gasteiger partial charge in [-0.2, -0.15) is 0 Å². The molecule has 7 atom stereocenters. The summed E-state index contributed by atoms with van der Waals surface area (Å²) in [7, 11) is 0. The summed E-state index contributed by atoms with van der Waals surface area (Å²) in [6, 6.07) is 0. The van der Waals surface area contributed by atoms with Crippen LogP contribution in [0.3, 0.4) is 0 Å². The van der Waals surface area contributed by atoms with Gasteiger partial charge in [-0.25, -0.2) is 0 Å². The summed E-state index contributed by atoms with van der Waals surface area (Å²) >= 11 is 0. The largest absolute Gasteiger partial charge is 0.0806 e. The Balaban J connectivity index is 1.50.